The first-order valence-electron chi connectivity index (χ1n) is 9.42. The number of carbonyl (C=O) groups excluding carboxylic acids is 1. The van der Waals surface area contributed by atoms with E-state index in [2.05, 4.69) is 0 Å². The molecule has 11 heteroatoms. The van der Waals surface area contributed by atoms with Gasteiger partial charge in [-0.05, 0) is 42.2 Å². The van der Waals surface area contributed by atoms with Gasteiger partial charge in [-0.2, -0.15) is 21.6 Å². The highest BCUT2D eigenvalue weighted by Crippen LogP contribution is 2.42. The van der Waals surface area contributed by atoms with E-state index >= 15 is 0 Å². The number of benzene rings is 2. The standard InChI is InChI=1S/C21H17F3N2O5S/c1-26-17-7-6-13(10-14(17)16(11-18(26)27)21(22,23)24)32(29,30)31-20(19(25)28)9-8-12-4-2-3-5-15(12)20/h2-7,10-11H,8-9H2,1H3,(H2,25,28). The second-order valence-electron chi connectivity index (χ2n) is 7.52. The van der Waals surface area contributed by atoms with Gasteiger partial charge in [0.2, 0.25) is 0 Å². The van der Waals surface area contributed by atoms with E-state index in [0.29, 0.717) is 23.6 Å². The Labute approximate surface area is 180 Å². The molecular weight excluding hydrogens is 449 g/mol. The first-order chi connectivity index (χ1) is 14.9. The molecule has 0 saturated carbocycles. The Hall–Kier alpha value is -3.18. The van der Waals surface area contributed by atoms with Crippen LogP contribution in [0.25, 0.3) is 10.9 Å². The molecule has 0 bridgehead atoms. The van der Waals surface area contributed by atoms with Gasteiger partial charge in [-0.15, -0.1) is 0 Å². The molecule has 1 heterocycles. The summed E-state index contributed by atoms with van der Waals surface area (Å²) in [6.45, 7) is 0. The highest BCUT2D eigenvalue weighted by Gasteiger charge is 2.49. The van der Waals surface area contributed by atoms with Crippen LogP contribution in [0.3, 0.4) is 0 Å². The SMILES string of the molecule is Cn1c(=O)cc(C(F)(F)F)c2cc(S(=O)(=O)OC3(C(N)=O)CCc4ccccc43)ccc21. The number of rotatable bonds is 4. The average molecular weight is 466 g/mol. The largest absolute Gasteiger partial charge is 0.417 e. The number of hydrogen-bond acceptors (Lipinski definition) is 5. The van der Waals surface area contributed by atoms with E-state index < -0.39 is 49.2 Å². The van der Waals surface area contributed by atoms with E-state index in [0.717, 1.165) is 22.8 Å². The third-order valence-corrected chi connectivity index (χ3v) is 7.00. The summed E-state index contributed by atoms with van der Waals surface area (Å²) in [5, 5.41) is -0.496. The fourth-order valence-corrected chi connectivity index (χ4v) is 5.25. The molecule has 1 aromatic heterocycles. The first kappa shape index (κ1) is 22.0. The van der Waals surface area contributed by atoms with Gasteiger partial charge in [0.1, 0.15) is 0 Å². The summed E-state index contributed by atoms with van der Waals surface area (Å²) < 4.78 is 73.1. The Morgan fingerprint density at radius 3 is 2.50 bits per heavy atom. The van der Waals surface area contributed by atoms with Crippen LogP contribution >= 0.6 is 0 Å². The van der Waals surface area contributed by atoms with Gasteiger partial charge in [-0.3, -0.25) is 9.59 Å². The topological polar surface area (TPSA) is 108 Å². The third kappa shape index (κ3) is 3.37. The van der Waals surface area contributed by atoms with Crippen LogP contribution < -0.4 is 11.3 Å². The van der Waals surface area contributed by atoms with Gasteiger partial charge < -0.3 is 10.3 Å². The molecule has 0 aliphatic heterocycles. The Morgan fingerprint density at radius 2 is 1.84 bits per heavy atom. The van der Waals surface area contributed by atoms with Crippen LogP contribution in [-0.4, -0.2) is 18.9 Å². The Kier molecular flexibility index (Phi) is 4.94. The molecule has 0 spiro atoms. The number of pyridine rings is 1. The van der Waals surface area contributed by atoms with Gasteiger partial charge in [0, 0.05) is 18.5 Å². The fourth-order valence-electron chi connectivity index (χ4n) is 4.03. The van der Waals surface area contributed by atoms with Gasteiger partial charge in [0.25, 0.3) is 21.6 Å². The first-order valence-corrected chi connectivity index (χ1v) is 10.8. The number of alkyl halides is 3. The minimum absolute atomic E-state index is 0.0310. The maximum atomic E-state index is 13.5. The number of aryl methyl sites for hydroxylation is 2. The Bertz CT molecular complexity index is 1430. The molecule has 1 atom stereocenters. The van der Waals surface area contributed by atoms with Crippen molar-refractivity contribution in [3.05, 3.63) is 75.6 Å². The van der Waals surface area contributed by atoms with Gasteiger partial charge in [-0.25, -0.2) is 4.18 Å². The summed E-state index contributed by atoms with van der Waals surface area (Å²) in [6, 6.07) is 9.85. The van der Waals surface area contributed by atoms with Gasteiger partial charge >= 0.3 is 6.18 Å². The number of carbonyl (C=O) groups is 1. The zero-order valence-electron chi connectivity index (χ0n) is 16.6. The van der Waals surface area contributed by atoms with E-state index in [9.17, 15) is 31.2 Å². The fraction of sp³-hybridized carbons (Fsp3) is 0.238. The quantitative estimate of drug-likeness (QED) is 0.595. The highest BCUT2D eigenvalue weighted by molar-refractivity contribution is 7.86. The zero-order valence-corrected chi connectivity index (χ0v) is 17.5. The molecule has 168 valence electrons. The molecule has 1 aliphatic carbocycles. The number of nitrogens with zero attached hydrogens (tertiary/aromatic N) is 1. The number of primary amides is 1. The maximum absolute atomic E-state index is 13.5. The van der Waals surface area contributed by atoms with Crippen LogP contribution in [0.5, 0.6) is 0 Å². The molecule has 4 rings (SSSR count). The molecule has 0 fully saturated rings. The van der Waals surface area contributed by atoms with Crippen molar-refractivity contribution in [2.24, 2.45) is 12.8 Å². The normalized spacial score (nSPS) is 18.6. The molecule has 0 radical (unpaired) electrons. The lowest BCUT2D eigenvalue weighted by Crippen LogP contribution is -2.43. The molecule has 1 amide bonds. The summed E-state index contributed by atoms with van der Waals surface area (Å²) in [5.41, 5.74) is 2.26. The van der Waals surface area contributed by atoms with Crippen molar-refractivity contribution < 1.29 is 30.6 Å². The molecule has 2 N–H and O–H groups in total. The predicted octanol–water partition coefficient (Wildman–Crippen LogP) is 2.59. The molecular formula is C21H17F3N2O5S. The van der Waals surface area contributed by atoms with Crippen LogP contribution in [0.1, 0.15) is 23.1 Å². The summed E-state index contributed by atoms with van der Waals surface area (Å²) in [5.74, 6) is -1.02. The van der Waals surface area contributed by atoms with Crippen LogP contribution in [0.2, 0.25) is 0 Å². The number of amides is 1. The molecule has 7 nitrogen and oxygen atoms in total. The number of aromatic nitrogens is 1. The van der Waals surface area contributed by atoms with Crippen LogP contribution in [0.15, 0.2) is 58.2 Å². The van der Waals surface area contributed by atoms with E-state index in [1.165, 1.54) is 13.1 Å². The van der Waals surface area contributed by atoms with Crippen LogP contribution in [0, 0.1) is 0 Å². The van der Waals surface area contributed by atoms with Crippen molar-refractivity contribution >= 4 is 26.9 Å². The second kappa shape index (κ2) is 7.17. The van der Waals surface area contributed by atoms with Gasteiger partial charge in [0.15, 0.2) is 5.60 Å². The third-order valence-electron chi connectivity index (χ3n) is 5.66. The number of fused-ring (bicyclic) bond motifs is 2. The number of nitrogens with two attached hydrogens (primary N) is 1. The average Bonchev–Trinajstić information content (AvgIpc) is 3.09. The lowest BCUT2D eigenvalue weighted by Gasteiger charge is -2.26. The number of hydrogen-bond donors (Lipinski definition) is 1. The van der Waals surface area contributed by atoms with Crippen molar-refractivity contribution in [2.45, 2.75) is 29.5 Å². The molecule has 1 unspecified atom stereocenters. The second-order valence-corrected chi connectivity index (χ2v) is 9.06. The van der Waals surface area contributed by atoms with Crippen LogP contribution in [-0.2, 0) is 44.3 Å². The van der Waals surface area contributed by atoms with Gasteiger partial charge in [-0.1, -0.05) is 24.3 Å². The molecule has 32 heavy (non-hydrogen) atoms. The molecule has 1 aliphatic rings. The van der Waals surface area contributed by atoms with Crippen molar-refractivity contribution in [1.82, 2.24) is 4.57 Å². The molecule has 2 aromatic carbocycles. The number of halogens is 3. The van der Waals surface area contributed by atoms with E-state index in [4.69, 9.17) is 9.92 Å². The van der Waals surface area contributed by atoms with Crippen molar-refractivity contribution in [2.75, 3.05) is 0 Å². The maximum Gasteiger partial charge on any atom is 0.417 e. The van der Waals surface area contributed by atoms with Crippen molar-refractivity contribution in [1.29, 1.82) is 0 Å². The highest BCUT2D eigenvalue weighted by atomic mass is 32.2. The minimum Gasteiger partial charge on any atom is -0.367 e. The summed E-state index contributed by atoms with van der Waals surface area (Å²) in [4.78, 5) is 23.6. The monoisotopic (exact) mass is 466 g/mol. The van der Waals surface area contributed by atoms with Crippen molar-refractivity contribution in [3.8, 4) is 0 Å². The molecule has 3 aromatic rings. The Morgan fingerprint density at radius 1 is 1.16 bits per heavy atom. The summed E-state index contributed by atoms with van der Waals surface area (Å²) >= 11 is 0. The van der Waals surface area contributed by atoms with E-state index in [1.54, 1.807) is 18.2 Å². The van der Waals surface area contributed by atoms with Crippen LogP contribution in [0.4, 0.5) is 13.2 Å². The summed E-state index contributed by atoms with van der Waals surface area (Å²) in [6.07, 6.45) is -4.59. The van der Waals surface area contributed by atoms with E-state index in [1.807, 2.05) is 0 Å². The Balaban J connectivity index is 1.88. The minimum atomic E-state index is -4.90. The lowest BCUT2D eigenvalue weighted by atomic mass is 9.95. The smallest absolute Gasteiger partial charge is 0.367 e. The van der Waals surface area contributed by atoms with Gasteiger partial charge in [0.05, 0.1) is 16.0 Å². The summed E-state index contributed by atoms with van der Waals surface area (Å²) in [7, 11) is -3.45. The van der Waals surface area contributed by atoms with Crippen molar-refractivity contribution in [3.63, 3.8) is 0 Å². The molecule has 0 saturated heterocycles. The predicted molar refractivity (Wildman–Crippen MR) is 108 cm³/mol. The lowest BCUT2D eigenvalue weighted by molar-refractivity contribution is -0.136. The zero-order chi connectivity index (χ0) is 23.5. The van der Waals surface area contributed by atoms with E-state index in [-0.39, 0.29) is 11.9 Å².